The molecule has 0 aliphatic rings. The summed E-state index contributed by atoms with van der Waals surface area (Å²) in [4.78, 5) is 4.33. The van der Waals surface area contributed by atoms with E-state index in [1.807, 2.05) is 43.3 Å². The molecule has 0 amide bonds. The molecule has 2 rings (SSSR count). The van der Waals surface area contributed by atoms with Gasteiger partial charge in [-0.15, -0.1) is 0 Å². The number of benzene rings is 1. The van der Waals surface area contributed by atoms with Crippen LogP contribution in [0.1, 0.15) is 17.0 Å². The van der Waals surface area contributed by atoms with Crippen LogP contribution < -0.4 is 0 Å². The van der Waals surface area contributed by atoms with Crippen LogP contribution in [-0.2, 0) is 0 Å². The molecule has 0 N–H and O–H groups in total. The van der Waals surface area contributed by atoms with Crippen LogP contribution in [0.25, 0.3) is 12.2 Å². The van der Waals surface area contributed by atoms with Gasteiger partial charge >= 0.3 is 0 Å². The second-order valence-electron chi connectivity index (χ2n) is 3.59. The number of rotatable bonds is 2. The molecule has 80 valence electrons. The minimum atomic E-state index is -0.223. The third-order valence-electron chi connectivity index (χ3n) is 2.21. The van der Waals surface area contributed by atoms with Gasteiger partial charge in [0.05, 0.1) is 5.69 Å². The lowest BCUT2D eigenvalue weighted by molar-refractivity contribution is 0.627. The van der Waals surface area contributed by atoms with Gasteiger partial charge in [-0.2, -0.15) is 0 Å². The highest BCUT2D eigenvalue weighted by atomic mass is 19.1. The van der Waals surface area contributed by atoms with Crippen molar-refractivity contribution in [3.8, 4) is 0 Å². The van der Waals surface area contributed by atoms with Crippen LogP contribution in [0.3, 0.4) is 0 Å². The summed E-state index contributed by atoms with van der Waals surface area (Å²) < 4.78 is 12.9. The van der Waals surface area contributed by atoms with Gasteiger partial charge in [0, 0.05) is 5.69 Å². The lowest BCUT2D eigenvalue weighted by atomic mass is 10.2. The second-order valence-corrected chi connectivity index (χ2v) is 3.59. The maximum atomic E-state index is 12.9. The third kappa shape index (κ3) is 2.76. The summed E-state index contributed by atoms with van der Waals surface area (Å²) in [7, 11) is 0. The van der Waals surface area contributed by atoms with Crippen LogP contribution >= 0.6 is 0 Å². The van der Waals surface area contributed by atoms with Gasteiger partial charge in [-0.3, -0.25) is 4.98 Å². The highest BCUT2D eigenvalue weighted by molar-refractivity contribution is 5.67. The number of pyridine rings is 1. The van der Waals surface area contributed by atoms with E-state index < -0.39 is 0 Å². The minimum absolute atomic E-state index is 0.223. The molecule has 0 radical (unpaired) electrons. The molecule has 0 fully saturated rings. The van der Waals surface area contributed by atoms with Crippen molar-refractivity contribution in [3.63, 3.8) is 0 Å². The zero-order valence-corrected chi connectivity index (χ0v) is 9.02. The van der Waals surface area contributed by atoms with E-state index in [0.717, 1.165) is 17.0 Å². The fourth-order valence-corrected chi connectivity index (χ4v) is 1.45. The first-order valence-electron chi connectivity index (χ1n) is 5.11. The van der Waals surface area contributed by atoms with Crippen LogP contribution in [0.15, 0.2) is 42.5 Å². The van der Waals surface area contributed by atoms with E-state index in [1.54, 1.807) is 6.07 Å². The Balaban J connectivity index is 2.21. The van der Waals surface area contributed by atoms with Gasteiger partial charge in [0.15, 0.2) is 0 Å². The summed E-state index contributed by atoms with van der Waals surface area (Å²) in [6.45, 7) is 1.94. The number of aromatic nitrogens is 1. The maximum Gasteiger partial charge on any atom is 0.123 e. The molecule has 2 heteroatoms. The van der Waals surface area contributed by atoms with Crippen molar-refractivity contribution in [2.24, 2.45) is 0 Å². The van der Waals surface area contributed by atoms with Gasteiger partial charge in [0.25, 0.3) is 0 Å². The molecule has 0 unspecified atom stereocenters. The van der Waals surface area contributed by atoms with E-state index in [0.29, 0.717) is 0 Å². The first-order valence-corrected chi connectivity index (χ1v) is 5.11. The molecule has 2 aromatic rings. The van der Waals surface area contributed by atoms with E-state index in [9.17, 15) is 4.39 Å². The third-order valence-corrected chi connectivity index (χ3v) is 2.21. The molecule has 1 aromatic heterocycles. The number of nitrogens with zero attached hydrogens (tertiary/aromatic N) is 1. The molecule has 1 nitrogen and oxygen atoms in total. The first-order chi connectivity index (χ1) is 7.74. The SMILES string of the molecule is Cc1cccc(/C=C/c2cccc(F)c2)n1. The average molecular weight is 213 g/mol. The Morgan fingerprint density at radius 1 is 1.06 bits per heavy atom. The topological polar surface area (TPSA) is 12.9 Å². The highest BCUT2D eigenvalue weighted by Crippen LogP contribution is 2.08. The van der Waals surface area contributed by atoms with Gasteiger partial charge in [0.1, 0.15) is 5.82 Å². The summed E-state index contributed by atoms with van der Waals surface area (Å²) in [6.07, 6.45) is 3.73. The lowest BCUT2D eigenvalue weighted by Crippen LogP contribution is -1.83. The molecule has 0 saturated carbocycles. The van der Waals surface area contributed by atoms with E-state index in [-0.39, 0.29) is 5.82 Å². The van der Waals surface area contributed by atoms with Gasteiger partial charge in [-0.1, -0.05) is 24.3 Å². The molecule has 0 saturated heterocycles. The van der Waals surface area contributed by atoms with Gasteiger partial charge in [-0.25, -0.2) is 4.39 Å². The number of hydrogen-bond donors (Lipinski definition) is 0. The summed E-state index contributed by atoms with van der Waals surface area (Å²) in [6, 6.07) is 12.3. The Kier molecular flexibility index (Phi) is 3.10. The zero-order chi connectivity index (χ0) is 11.4. The van der Waals surface area contributed by atoms with E-state index in [4.69, 9.17) is 0 Å². The van der Waals surface area contributed by atoms with Crippen molar-refractivity contribution in [2.45, 2.75) is 6.92 Å². The monoisotopic (exact) mass is 213 g/mol. The second kappa shape index (κ2) is 4.71. The largest absolute Gasteiger partial charge is 0.254 e. The van der Waals surface area contributed by atoms with Crippen molar-refractivity contribution >= 4 is 12.2 Å². The Labute approximate surface area is 94.3 Å². The predicted molar refractivity (Wildman–Crippen MR) is 64.3 cm³/mol. The summed E-state index contributed by atoms with van der Waals surface area (Å²) in [5, 5.41) is 0. The number of halogens is 1. The Morgan fingerprint density at radius 2 is 1.88 bits per heavy atom. The molecule has 1 heterocycles. The van der Waals surface area contributed by atoms with Crippen molar-refractivity contribution in [2.75, 3.05) is 0 Å². The van der Waals surface area contributed by atoms with E-state index in [2.05, 4.69) is 4.98 Å². The predicted octanol–water partition coefficient (Wildman–Crippen LogP) is 3.70. The zero-order valence-electron chi connectivity index (χ0n) is 9.02. The lowest BCUT2D eigenvalue weighted by Gasteiger charge is -1.96. The quantitative estimate of drug-likeness (QED) is 0.741. The van der Waals surface area contributed by atoms with Crippen molar-refractivity contribution in [1.82, 2.24) is 4.98 Å². The maximum absolute atomic E-state index is 12.9. The number of hydrogen-bond acceptors (Lipinski definition) is 1. The molecule has 0 bridgehead atoms. The van der Waals surface area contributed by atoms with E-state index >= 15 is 0 Å². The Hall–Kier alpha value is -1.96. The normalized spacial score (nSPS) is 10.9. The van der Waals surface area contributed by atoms with Crippen molar-refractivity contribution in [1.29, 1.82) is 0 Å². The fourth-order valence-electron chi connectivity index (χ4n) is 1.45. The molecule has 16 heavy (non-hydrogen) atoms. The highest BCUT2D eigenvalue weighted by Gasteiger charge is 1.92. The number of aryl methyl sites for hydroxylation is 1. The standard InChI is InChI=1S/C14H12FN/c1-11-4-2-7-14(16-11)9-8-12-5-3-6-13(15)10-12/h2-10H,1H3/b9-8+. The molecule has 0 aliphatic carbocycles. The summed E-state index contributed by atoms with van der Waals surface area (Å²) in [5.41, 5.74) is 2.69. The molecular formula is C14H12FN. The Bertz CT molecular complexity index is 470. The molecule has 1 aromatic carbocycles. The van der Waals surface area contributed by atoms with Crippen molar-refractivity contribution in [3.05, 3.63) is 65.2 Å². The average Bonchev–Trinajstić information content (AvgIpc) is 2.27. The molecular weight excluding hydrogens is 201 g/mol. The van der Waals surface area contributed by atoms with Gasteiger partial charge in [-0.05, 0) is 42.8 Å². The summed E-state index contributed by atoms with van der Waals surface area (Å²) in [5.74, 6) is -0.223. The van der Waals surface area contributed by atoms with Gasteiger partial charge < -0.3 is 0 Å². The first kappa shape index (κ1) is 10.6. The summed E-state index contributed by atoms with van der Waals surface area (Å²) >= 11 is 0. The molecule has 0 spiro atoms. The van der Waals surface area contributed by atoms with Crippen LogP contribution in [0.2, 0.25) is 0 Å². The van der Waals surface area contributed by atoms with Crippen LogP contribution in [0.4, 0.5) is 4.39 Å². The minimum Gasteiger partial charge on any atom is -0.254 e. The van der Waals surface area contributed by atoms with Crippen LogP contribution in [0.5, 0.6) is 0 Å². The van der Waals surface area contributed by atoms with Crippen LogP contribution in [-0.4, -0.2) is 4.98 Å². The van der Waals surface area contributed by atoms with Crippen molar-refractivity contribution < 1.29 is 4.39 Å². The molecule has 0 atom stereocenters. The van der Waals surface area contributed by atoms with E-state index in [1.165, 1.54) is 12.1 Å². The fraction of sp³-hybridized carbons (Fsp3) is 0.0714. The molecule has 0 aliphatic heterocycles. The van der Waals surface area contributed by atoms with Crippen LogP contribution in [0, 0.1) is 12.7 Å². The Morgan fingerprint density at radius 3 is 2.62 bits per heavy atom. The van der Waals surface area contributed by atoms with Gasteiger partial charge in [0.2, 0.25) is 0 Å². The smallest absolute Gasteiger partial charge is 0.123 e.